The highest BCUT2D eigenvalue weighted by Gasteiger charge is 2.25. The number of ether oxygens (including phenoxy) is 3. The molecular formula is C22H27ClN2O4. The van der Waals surface area contributed by atoms with E-state index in [0.29, 0.717) is 22.9 Å². The van der Waals surface area contributed by atoms with Crippen LogP contribution in [0.1, 0.15) is 22.3 Å². The van der Waals surface area contributed by atoms with Gasteiger partial charge >= 0.3 is 0 Å². The largest absolute Gasteiger partial charge is 0.493 e. The molecule has 1 amide bonds. The lowest BCUT2D eigenvalue weighted by atomic mass is 10.1. The van der Waals surface area contributed by atoms with Gasteiger partial charge in [-0.2, -0.15) is 0 Å². The Hall–Kier alpha value is -2.44. The number of methoxy groups -OCH3 is 2. The quantitative estimate of drug-likeness (QED) is 0.621. The molecule has 0 spiro atoms. The number of fused-ring (bicyclic) bond motifs is 1. The van der Waals surface area contributed by atoms with Crippen LogP contribution in [0.4, 0.5) is 0 Å². The van der Waals surface area contributed by atoms with Gasteiger partial charge in [-0.05, 0) is 62.3 Å². The van der Waals surface area contributed by atoms with E-state index in [4.69, 9.17) is 25.8 Å². The lowest BCUT2D eigenvalue weighted by Gasteiger charge is -2.29. The van der Waals surface area contributed by atoms with Gasteiger partial charge in [-0.15, -0.1) is 0 Å². The molecule has 0 aliphatic carbocycles. The molecule has 0 unspecified atom stereocenters. The molecule has 0 atom stereocenters. The molecule has 0 N–H and O–H groups in total. The lowest BCUT2D eigenvalue weighted by Crippen LogP contribution is -2.40. The Morgan fingerprint density at radius 2 is 1.90 bits per heavy atom. The molecule has 0 aromatic heterocycles. The number of hydrogen-bond donors (Lipinski definition) is 0. The third-order valence-corrected chi connectivity index (χ3v) is 5.27. The number of hydrogen-bond acceptors (Lipinski definition) is 5. The van der Waals surface area contributed by atoms with Crippen LogP contribution in [0.25, 0.3) is 0 Å². The summed E-state index contributed by atoms with van der Waals surface area (Å²) in [4.78, 5) is 16.6. The summed E-state index contributed by atoms with van der Waals surface area (Å²) in [6.45, 7) is 2.73. The Balaban J connectivity index is 1.44. The fourth-order valence-corrected chi connectivity index (χ4v) is 3.50. The maximum atomic E-state index is 12.6. The molecule has 3 rings (SSSR count). The van der Waals surface area contributed by atoms with Gasteiger partial charge in [0.2, 0.25) is 0 Å². The minimum Gasteiger partial charge on any atom is -0.493 e. The zero-order chi connectivity index (χ0) is 20.8. The number of amides is 1. The first-order valence-electron chi connectivity index (χ1n) is 9.63. The molecule has 0 radical (unpaired) electrons. The molecule has 0 bridgehead atoms. The Morgan fingerprint density at radius 1 is 1.10 bits per heavy atom. The summed E-state index contributed by atoms with van der Waals surface area (Å²) in [5.74, 6) is 2.04. The highest BCUT2D eigenvalue weighted by atomic mass is 35.5. The van der Waals surface area contributed by atoms with Gasteiger partial charge in [0.25, 0.3) is 5.91 Å². The summed E-state index contributed by atoms with van der Waals surface area (Å²) < 4.78 is 16.3. The number of carbonyl (C=O) groups excluding carboxylic acids is 1. The van der Waals surface area contributed by atoms with Crippen molar-refractivity contribution in [2.45, 2.75) is 12.8 Å². The highest BCUT2D eigenvalue weighted by molar-refractivity contribution is 6.30. The first kappa shape index (κ1) is 21.3. The van der Waals surface area contributed by atoms with Gasteiger partial charge in [0, 0.05) is 18.1 Å². The summed E-state index contributed by atoms with van der Waals surface area (Å²) in [6, 6.07) is 11.1. The molecule has 2 aromatic carbocycles. The zero-order valence-corrected chi connectivity index (χ0v) is 17.9. The van der Waals surface area contributed by atoms with E-state index < -0.39 is 0 Å². The smallest absolute Gasteiger partial charge is 0.260 e. The molecule has 6 nitrogen and oxygen atoms in total. The van der Waals surface area contributed by atoms with E-state index in [9.17, 15) is 4.79 Å². The van der Waals surface area contributed by atoms with E-state index in [1.807, 2.05) is 12.1 Å². The predicted octanol–water partition coefficient (Wildman–Crippen LogP) is 3.71. The Kier molecular flexibility index (Phi) is 7.23. The van der Waals surface area contributed by atoms with Crippen LogP contribution in [-0.4, -0.2) is 63.3 Å². The van der Waals surface area contributed by atoms with E-state index in [1.54, 1.807) is 37.3 Å². The van der Waals surface area contributed by atoms with Gasteiger partial charge in [0.15, 0.2) is 18.2 Å². The molecule has 0 fully saturated rings. The first-order valence-corrected chi connectivity index (χ1v) is 10.0. The SMILES string of the molecule is COc1ccc(CCN(C)CCCN2COc3cc(Cl)ccc3C2=O)cc1OC. The normalized spacial score (nSPS) is 13.3. The topological polar surface area (TPSA) is 51.2 Å². The van der Waals surface area contributed by atoms with Crippen molar-refractivity contribution in [2.24, 2.45) is 0 Å². The van der Waals surface area contributed by atoms with E-state index in [2.05, 4.69) is 18.0 Å². The van der Waals surface area contributed by atoms with Gasteiger partial charge in [-0.3, -0.25) is 4.79 Å². The number of likely N-dealkylation sites (N-methyl/N-ethyl adjacent to an activating group) is 1. The second-order valence-electron chi connectivity index (χ2n) is 7.08. The van der Waals surface area contributed by atoms with Crippen LogP contribution in [0, 0.1) is 0 Å². The monoisotopic (exact) mass is 418 g/mol. The number of carbonyl (C=O) groups is 1. The minimum atomic E-state index is -0.00380. The molecular weight excluding hydrogens is 392 g/mol. The van der Waals surface area contributed by atoms with Gasteiger partial charge in [-0.1, -0.05) is 17.7 Å². The number of benzene rings is 2. The number of halogens is 1. The minimum absolute atomic E-state index is 0.00380. The standard InChI is InChI=1S/C22H27ClN2O4/c1-24(12-9-16-5-8-19(27-2)21(13-16)28-3)10-4-11-25-15-29-20-14-17(23)6-7-18(20)22(25)26/h5-8,13-14H,4,9-12,15H2,1-3H3. The van der Waals surface area contributed by atoms with Crippen LogP contribution in [0.15, 0.2) is 36.4 Å². The summed E-state index contributed by atoms with van der Waals surface area (Å²) in [5, 5.41) is 0.570. The molecule has 1 aliphatic heterocycles. The fraction of sp³-hybridized carbons (Fsp3) is 0.409. The van der Waals surface area contributed by atoms with Gasteiger partial charge < -0.3 is 24.0 Å². The summed E-state index contributed by atoms with van der Waals surface area (Å²) >= 11 is 5.96. The third-order valence-electron chi connectivity index (χ3n) is 5.04. The molecule has 156 valence electrons. The Bertz CT molecular complexity index is 859. The zero-order valence-electron chi connectivity index (χ0n) is 17.1. The average Bonchev–Trinajstić information content (AvgIpc) is 2.73. The van der Waals surface area contributed by atoms with Crippen molar-refractivity contribution in [3.8, 4) is 17.2 Å². The van der Waals surface area contributed by atoms with Crippen molar-refractivity contribution in [1.29, 1.82) is 0 Å². The molecule has 1 aliphatic rings. The number of rotatable bonds is 9. The highest BCUT2D eigenvalue weighted by Crippen LogP contribution is 2.29. The second kappa shape index (κ2) is 9.85. The molecule has 0 saturated heterocycles. The van der Waals surface area contributed by atoms with Crippen molar-refractivity contribution >= 4 is 17.5 Å². The van der Waals surface area contributed by atoms with E-state index in [-0.39, 0.29) is 12.6 Å². The summed E-state index contributed by atoms with van der Waals surface area (Å²) in [6.07, 6.45) is 1.79. The van der Waals surface area contributed by atoms with Gasteiger partial charge in [0.05, 0.1) is 19.8 Å². The maximum absolute atomic E-state index is 12.6. The molecule has 1 heterocycles. The van der Waals surface area contributed by atoms with Crippen LogP contribution in [-0.2, 0) is 6.42 Å². The van der Waals surface area contributed by atoms with Crippen molar-refractivity contribution in [3.63, 3.8) is 0 Å². The lowest BCUT2D eigenvalue weighted by molar-refractivity contribution is 0.0512. The third kappa shape index (κ3) is 5.34. The maximum Gasteiger partial charge on any atom is 0.260 e. The summed E-state index contributed by atoms with van der Waals surface area (Å²) in [7, 11) is 5.37. The van der Waals surface area contributed by atoms with Crippen LogP contribution >= 0.6 is 11.6 Å². The van der Waals surface area contributed by atoms with Crippen molar-refractivity contribution in [3.05, 3.63) is 52.5 Å². The fourth-order valence-electron chi connectivity index (χ4n) is 3.33. The van der Waals surface area contributed by atoms with Crippen molar-refractivity contribution < 1.29 is 19.0 Å². The summed E-state index contributed by atoms with van der Waals surface area (Å²) in [5.41, 5.74) is 1.77. The Morgan fingerprint density at radius 3 is 2.66 bits per heavy atom. The van der Waals surface area contributed by atoms with Crippen LogP contribution in [0.2, 0.25) is 5.02 Å². The molecule has 29 heavy (non-hydrogen) atoms. The van der Waals surface area contributed by atoms with Crippen LogP contribution < -0.4 is 14.2 Å². The van der Waals surface area contributed by atoms with E-state index >= 15 is 0 Å². The molecule has 0 saturated carbocycles. The Labute approximate surface area is 176 Å². The first-order chi connectivity index (χ1) is 14.0. The van der Waals surface area contributed by atoms with E-state index in [0.717, 1.165) is 37.4 Å². The van der Waals surface area contributed by atoms with Crippen molar-refractivity contribution in [1.82, 2.24) is 9.80 Å². The van der Waals surface area contributed by atoms with Crippen molar-refractivity contribution in [2.75, 3.05) is 47.6 Å². The number of nitrogens with zero attached hydrogens (tertiary/aromatic N) is 2. The van der Waals surface area contributed by atoms with Crippen LogP contribution in [0.3, 0.4) is 0 Å². The molecule has 7 heteroatoms. The second-order valence-corrected chi connectivity index (χ2v) is 7.52. The predicted molar refractivity (Wildman–Crippen MR) is 113 cm³/mol. The average molecular weight is 419 g/mol. The molecule has 2 aromatic rings. The van der Waals surface area contributed by atoms with E-state index in [1.165, 1.54) is 5.56 Å². The van der Waals surface area contributed by atoms with Gasteiger partial charge in [-0.25, -0.2) is 0 Å². The van der Waals surface area contributed by atoms with Crippen LogP contribution in [0.5, 0.6) is 17.2 Å². The van der Waals surface area contributed by atoms with Gasteiger partial charge in [0.1, 0.15) is 5.75 Å².